The first-order chi connectivity index (χ1) is 12.1. The molecule has 0 amide bonds. The minimum absolute atomic E-state index is 0.229. The number of aromatic nitrogens is 2. The van der Waals surface area contributed by atoms with Gasteiger partial charge in [0, 0.05) is 45.0 Å². The van der Waals surface area contributed by atoms with Crippen molar-refractivity contribution < 1.29 is 0 Å². The lowest BCUT2D eigenvalue weighted by Gasteiger charge is -2.29. The Morgan fingerprint density at radius 3 is 2.40 bits per heavy atom. The average Bonchev–Trinajstić information content (AvgIpc) is 3.16. The van der Waals surface area contributed by atoms with Gasteiger partial charge in [-0.2, -0.15) is 0 Å². The molecule has 5 heteroatoms. The number of rotatable bonds is 6. The van der Waals surface area contributed by atoms with Crippen LogP contribution in [0, 0.1) is 0 Å². The second-order valence-corrected chi connectivity index (χ2v) is 7.02. The van der Waals surface area contributed by atoms with E-state index in [9.17, 15) is 9.59 Å². The van der Waals surface area contributed by atoms with E-state index in [0.29, 0.717) is 12.6 Å². The average molecular weight is 341 g/mol. The molecule has 0 unspecified atom stereocenters. The van der Waals surface area contributed by atoms with Crippen molar-refractivity contribution in [1.82, 2.24) is 14.0 Å². The molecule has 5 nitrogen and oxygen atoms in total. The van der Waals surface area contributed by atoms with Gasteiger partial charge in [-0.1, -0.05) is 43.2 Å². The highest BCUT2D eigenvalue weighted by Gasteiger charge is 2.23. The summed E-state index contributed by atoms with van der Waals surface area (Å²) in [5.74, 6) is 0. The van der Waals surface area contributed by atoms with E-state index in [1.807, 2.05) is 6.07 Å². The lowest BCUT2D eigenvalue weighted by Crippen LogP contribution is -2.41. The van der Waals surface area contributed by atoms with E-state index in [4.69, 9.17) is 0 Å². The Kier molecular flexibility index (Phi) is 5.53. The van der Waals surface area contributed by atoms with Gasteiger partial charge in [0.1, 0.15) is 0 Å². The Morgan fingerprint density at radius 1 is 1.04 bits per heavy atom. The quantitative estimate of drug-likeness (QED) is 0.808. The maximum absolute atomic E-state index is 12.2. The van der Waals surface area contributed by atoms with Gasteiger partial charge in [-0.25, -0.2) is 4.79 Å². The molecule has 1 aliphatic rings. The highest BCUT2D eigenvalue weighted by molar-refractivity contribution is 5.15. The van der Waals surface area contributed by atoms with Gasteiger partial charge in [-0.15, -0.1) is 0 Å². The molecule has 0 atom stereocenters. The van der Waals surface area contributed by atoms with Crippen LogP contribution in [0.2, 0.25) is 0 Å². The van der Waals surface area contributed by atoms with Crippen molar-refractivity contribution >= 4 is 0 Å². The molecule has 1 saturated carbocycles. The van der Waals surface area contributed by atoms with Crippen LogP contribution < -0.4 is 11.2 Å². The van der Waals surface area contributed by atoms with Crippen LogP contribution in [0.25, 0.3) is 0 Å². The monoisotopic (exact) mass is 341 g/mol. The maximum Gasteiger partial charge on any atom is 0.330 e. The maximum atomic E-state index is 12.2. The van der Waals surface area contributed by atoms with E-state index in [-0.39, 0.29) is 11.2 Å². The van der Waals surface area contributed by atoms with Crippen LogP contribution in [0.4, 0.5) is 0 Å². The molecule has 1 aromatic carbocycles. The first kappa shape index (κ1) is 17.7. The molecular weight excluding hydrogens is 314 g/mol. The molecule has 1 fully saturated rings. The van der Waals surface area contributed by atoms with E-state index in [1.54, 1.807) is 17.7 Å². The van der Waals surface area contributed by atoms with Gasteiger partial charge in [-0.3, -0.25) is 18.8 Å². The topological polar surface area (TPSA) is 47.2 Å². The Bertz CT molecular complexity index is 817. The van der Waals surface area contributed by atoms with E-state index >= 15 is 0 Å². The fourth-order valence-electron chi connectivity index (χ4n) is 3.72. The van der Waals surface area contributed by atoms with Gasteiger partial charge in [0.05, 0.1) is 0 Å². The number of benzene rings is 1. The van der Waals surface area contributed by atoms with Crippen LogP contribution in [0.5, 0.6) is 0 Å². The van der Waals surface area contributed by atoms with Crippen molar-refractivity contribution in [2.45, 2.75) is 44.7 Å². The van der Waals surface area contributed by atoms with Crippen LogP contribution in [0.15, 0.2) is 46.0 Å². The van der Waals surface area contributed by atoms with Crippen LogP contribution in [-0.4, -0.2) is 26.6 Å². The first-order valence-corrected chi connectivity index (χ1v) is 9.10. The highest BCUT2D eigenvalue weighted by Crippen LogP contribution is 2.25. The fraction of sp³-hybridized carbons (Fsp3) is 0.500. The zero-order chi connectivity index (χ0) is 17.8. The lowest BCUT2D eigenvalue weighted by molar-refractivity contribution is 0.187. The molecule has 1 aromatic heterocycles. The molecule has 3 rings (SSSR count). The molecule has 0 bridgehead atoms. The zero-order valence-electron chi connectivity index (χ0n) is 15.1. The molecule has 25 heavy (non-hydrogen) atoms. The zero-order valence-corrected chi connectivity index (χ0v) is 15.1. The predicted octanol–water partition coefficient (Wildman–Crippen LogP) is 2.07. The largest absolute Gasteiger partial charge is 0.330 e. The molecule has 0 radical (unpaired) electrons. The number of hydrogen-bond acceptors (Lipinski definition) is 3. The third-order valence-electron chi connectivity index (χ3n) is 5.36. The second-order valence-electron chi connectivity index (χ2n) is 7.02. The summed E-state index contributed by atoms with van der Waals surface area (Å²) in [5, 5.41) is 0. The normalized spacial score (nSPS) is 15.2. The number of hydrogen-bond donors (Lipinski definition) is 0. The van der Waals surface area contributed by atoms with Gasteiger partial charge >= 0.3 is 5.69 Å². The Morgan fingerprint density at radius 2 is 1.72 bits per heavy atom. The van der Waals surface area contributed by atoms with E-state index in [1.165, 1.54) is 38.3 Å². The fourth-order valence-corrected chi connectivity index (χ4v) is 3.72. The van der Waals surface area contributed by atoms with E-state index < -0.39 is 0 Å². The van der Waals surface area contributed by atoms with Gasteiger partial charge in [0.2, 0.25) is 0 Å². The third kappa shape index (κ3) is 4.10. The van der Waals surface area contributed by atoms with Crippen molar-refractivity contribution in [2.24, 2.45) is 14.1 Å². The summed E-state index contributed by atoms with van der Waals surface area (Å²) in [4.78, 5) is 26.7. The lowest BCUT2D eigenvalue weighted by atomic mass is 10.1. The Balaban J connectivity index is 1.80. The third-order valence-corrected chi connectivity index (χ3v) is 5.36. The van der Waals surface area contributed by atoms with Crippen LogP contribution >= 0.6 is 0 Å². The minimum Gasteiger partial charge on any atom is -0.299 e. The molecule has 2 aromatic rings. The van der Waals surface area contributed by atoms with Crippen molar-refractivity contribution in [3.05, 3.63) is 68.5 Å². The van der Waals surface area contributed by atoms with Gasteiger partial charge in [0.15, 0.2) is 0 Å². The SMILES string of the molecule is Cn1c(CN(CCc2ccccc2)C2CCCC2)cc(=O)n(C)c1=O. The van der Waals surface area contributed by atoms with Gasteiger partial charge in [-0.05, 0) is 24.8 Å². The smallest absolute Gasteiger partial charge is 0.299 e. The molecule has 1 aliphatic carbocycles. The first-order valence-electron chi connectivity index (χ1n) is 9.10. The highest BCUT2D eigenvalue weighted by atomic mass is 16.2. The number of nitrogens with zero attached hydrogens (tertiary/aromatic N) is 3. The molecular formula is C20H27N3O2. The minimum atomic E-state index is -0.253. The van der Waals surface area contributed by atoms with Crippen molar-refractivity contribution in [3.8, 4) is 0 Å². The summed E-state index contributed by atoms with van der Waals surface area (Å²) >= 11 is 0. The van der Waals surface area contributed by atoms with Gasteiger partial charge in [0.25, 0.3) is 5.56 Å². The van der Waals surface area contributed by atoms with Gasteiger partial charge < -0.3 is 0 Å². The summed E-state index contributed by atoms with van der Waals surface area (Å²) in [6.07, 6.45) is 5.92. The van der Waals surface area contributed by atoms with Crippen LogP contribution in [0.1, 0.15) is 36.9 Å². The predicted molar refractivity (Wildman–Crippen MR) is 99.7 cm³/mol. The van der Waals surface area contributed by atoms with E-state index in [2.05, 4.69) is 29.2 Å². The summed E-state index contributed by atoms with van der Waals surface area (Å²) < 4.78 is 2.76. The molecule has 1 heterocycles. The Labute approximate surface area is 148 Å². The van der Waals surface area contributed by atoms with Crippen molar-refractivity contribution in [2.75, 3.05) is 6.54 Å². The molecule has 0 saturated heterocycles. The summed E-state index contributed by atoms with van der Waals surface area (Å²) in [6, 6.07) is 12.6. The van der Waals surface area contributed by atoms with Crippen molar-refractivity contribution in [3.63, 3.8) is 0 Å². The Hall–Kier alpha value is -2.14. The van der Waals surface area contributed by atoms with Crippen LogP contribution in [0.3, 0.4) is 0 Å². The van der Waals surface area contributed by atoms with Crippen LogP contribution in [-0.2, 0) is 27.1 Å². The summed E-state index contributed by atoms with van der Waals surface area (Å²) in [7, 11) is 3.28. The summed E-state index contributed by atoms with van der Waals surface area (Å²) in [5.41, 5.74) is 1.64. The second kappa shape index (κ2) is 7.83. The molecule has 134 valence electrons. The standard InChI is InChI=1S/C20H27N3O2/c1-21-18(14-19(24)22(2)20(21)25)15-23(17-10-6-7-11-17)13-12-16-8-4-3-5-9-16/h3-5,8-9,14,17H,6-7,10-13,15H2,1-2H3. The van der Waals surface area contributed by atoms with E-state index in [0.717, 1.165) is 23.2 Å². The van der Waals surface area contributed by atoms with Crippen molar-refractivity contribution in [1.29, 1.82) is 0 Å². The molecule has 0 N–H and O–H groups in total. The molecule has 0 spiro atoms. The molecule has 0 aliphatic heterocycles. The summed E-state index contributed by atoms with van der Waals surface area (Å²) in [6.45, 7) is 1.59.